The standard InChI is InChI=1S/C17H19ClN2O/c1-3-4-10-16-19-17(18)14(20(16)2)11-12-15(21)13-8-6-5-7-9-13/h5-9,11-12H,3-4,10H2,1-2H3/b12-11+. The van der Waals surface area contributed by atoms with Crippen molar-refractivity contribution in [1.82, 2.24) is 9.55 Å². The minimum atomic E-state index is -0.0389. The molecule has 0 aliphatic rings. The van der Waals surface area contributed by atoms with Gasteiger partial charge in [-0.25, -0.2) is 4.98 Å². The molecule has 0 N–H and O–H groups in total. The number of benzene rings is 1. The van der Waals surface area contributed by atoms with Gasteiger partial charge in [0.1, 0.15) is 5.82 Å². The zero-order valence-electron chi connectivity index (χ0n) is 12.3. The van der Waals surface area contributed by atoms with Crippen LogP contribution in [0.25, 0.3) is 6.08 Å². The van der Waals surface area contributed by atoms with Gasteiger partial charge in [0.2, 0.25) is 0 Å². The number of hydrogen-bond donors (Lipinski definition) is 0. The molecule has 0 spiro atoms. The van der Waals surface area contributed by atoms with Crippen molar-refractivity contribution in [3.05, 3.63) is 58.6 Å². The lowest BCUT2D eigenvalue weighted by atomic mass is 10.1. The monoisotopic (exact) mass is 302 g/mol. The van der Waals surface area contributed by atoms with Gasteiger partial charge in [0.05, 0.1) is 5.69 Å². The Labute approximate surface area is 130 Å². The summed E-state index contributed by atoms with van der Waals surface area (Å²) in [6.07, 6.45) is 6.37. The molecule has 0 unspecified atom stereocenters. The lowest BCUT2D eigenvalue weighted by Gasteiger charge is -2.02. The number of rotatable bonds is 6. The third-order valence-corrected chi connectivity index (χ3v) is 3.67. The molecule has 2 aromatic rings. The summed E-state index contributed by atoms with van der Waals surface area (Å²) >= 11 is 6.16. The molecule has 0 bridgehead atoms. The molecule has 21 heavy (non-hydrogen) atoms. The Kier molecular flexibility index (Phi) is 5.34. The molecule has 1 aromatic carbocycles. The lowest BCUT2D eigenvalue weighted by Crippen LogP contribution is -2.00. The Balaban J connectivity index is 2.17. The van der Waals surface area contributed by atoms with Gasteiger partial charge < -0.3 is 4.57 Å². The molecule has 4 heteroatoms. The molecule has 0 radical (unpaired) electrons. The van der Waals surface area contributed by atoms with E-state index in [0.717, 1.165) is 30.8 Å². The van der Waals surface area contributed by atoms with Crippen molar-refractivity contribution < 1.29 is 4.79 Å². The second kappa shape index (κ2) is 7.23. The molecule has 0 saturated carbocycles. The van der Waals surface area contributed by atoms with Gasteiger partial charge in [-0.05, 0) is 18.6 Å². The third-order valence-electron chi connectivity index (χ3n) is 3.39. The van der Waals surface area contributed by atoms with E-state index < -0.39 is 0 Å². The number of nitrogens with zero attached hydrogens (tertiary/aromatic N) is 2. The summed E-state index contributed by atoms with van der Waals surface area (Å²) < 4.78 is 1.95. The van der Waals surface area contributed by atoms with Gasteiger partial charge >= 0.3 is 0 Å². The zero-order chi connectivity index (χ0) is 15.2. The normalized spacial score (nSPS) is 11.2. The number of allylic oxidation sites excluding steroid dienone is 1. The number of ketones is 1. The van der Waals surface area contributed by atoms with Crippen molar-refractivity contribution in [1.29, 1.82) is 0 Å². The largest absolute Gasteiger partial charge is 0.330 e. The molecule has 2 rings (SSSR count). The van der Waals surface area contributed by atoms with E-state index in [4.69, 9.17) is 11.6 Å². The van der Waals surface area contributed by atoms with Crippen molar-refractivity contribution in [3.63, 3.8) is 0 Å². The maximum Gasteiger partial charge on any atom is 0.185 e. The molecule has 0 atom stereocenters. The number of carbonyl (C=O) groups excluding carboxylic acids is 1. The van der Waals surface area contributed by atoms with Gasteiger partial charge in [0, 0.05) is 19.0 Å². The number of halogens is 1. The van der Waals surface area contributed by atoms with E-state index in [1.54, 1.807) is 24.3 Å². The molecule has 0 amide bonds. The minimum absolute atomic E-state index is 0.0389. The Morgan fingerprint density at radius 1 is 1.33 bits per heavy atom. The Bertz CT molecular complexity index is 644. The predicted molar refractivity (Wildman–Crippen MR) is 86.6 cm³/mol. The molecular weight excluding hydrogens is 284 g/mol. The summed E-state index contributed by atoms with van der Waals surface area (Å²) in [6, 6.07) is 9.18. The molecule has 1 heterocycles. The topological polar surface area (TPSA) is 34.9 Å². The van der Waals surface area contributed by atoms with Crippen LogP contribution in [-0.4, -0.2) is 15.3 Å². The number of carbonyl (C=O) groups is 1. The summed E-state index contributed by atoms with van der Waals surface area (Å²) in [7, 11) is 1.93. The number of aromatic nitrogens is 2. The fourth-order valence-corrected chi connectivity index (χ4v) is 2.40. The quantitative estimate of drug-likeness (QED) is 0.588. The Morgan fingerprint density at radius 3 is 2.71 bits per heavy atom. The molecule has 0 saturated heterocycles. The van der Waals surface area contributed by atoms with Gasteiger partial charge in [-0.2, -0.15) is 0 Å². The van der Waals surface area contributed by atoms with Crippen molar-refractivity contribution in [2.45, 2.75) is 26.2 Å². The summed E-state index contributed by atoms with van der Waals surface area (Å²) in [5, 5.41) is 0.445. The lowest BCUT2D eigenvalue weighted by molar-refractivity contribution is 0.104. The van der Waals surface area contributed by atoms with Crippen LogP contribution in [0.4, 0.5) is 0 Å². The highest BCUT2D eigenvalue weighted by molar-refractivity contribution is 6.30. The minimum Gasteiger partial charge on any atom is -0.330 e. The Morgan fingerprint density at radius 2 is 2.05 bits per heavy atom. The second-order valence-corrected chi connectivity index (χ2v) is 5.29. The van der Waals surface area contributed by atoms with Gasteiger partial charge in [-0.15, -0.1) is 0 Å². The van der Waals surface area contributed by atoms with Crippen LogP contribution < -0.4 is 0 Å². The molecule has 3 nitrogen and oxygen atoms in total. The Hall–Kier alpha value is -1.87. The fourth-order valence-electron chi connectivity index (χ4n) is 2.12. The maximum atomic E-state index is 12.1. The average molecular weight is 303 g/mol. The van der Waals surface area contributed by atoms with Crippen LogP contribution in [0.3, 0.4) is 0 Å². The number of hydrogen-bond acceptors (Lipinski definition) is 2. The number of imidazole rings is 1. The maximum absolute atomic E-state index is 12.1. The van der Waals surface area contributed by atoms with Crippen LogP contribution >= 0.6 is 11.6 Å². The fraction of sp³-hybridized carbons (Fsp3) is 0.294. The summed E-state index contributed by atoms with van der Waals surface area (Å²) in [4.78, 5) is 16.4. The highest BCUT2D eigenvalue weighted by Crippen LogP contribution is 2.19. The van der Waals surface area contributed by atoms with E-state index in [1.807, 2.05) is 29.8 Å². The van der Waals surface area contributed by atoms with Crippen LogP contribution in [0, 0.1) is 0 Å². The van der Waals surface area contributed by atoms with Crippen molar-refractivity contribution >= 4 is 23.5 Å². The first kappa shape index (κ1) is 15.5. The first-order valence-corrected chi connectivity index (χ1v) is 7.49. The molecule has 1 aromatic heterocycles. The van der Waals surface area contributed by atoms with Crippen LogP contribution in [0.5, 0.6) is 0 Å². The molecule has 0 aliphatic carbocycles. The van der Waals surface area contributed by atoms with Crippen LogP contribution in [0.15, 0.2) is 36.4 Å². The third kappa shape index (κ3) is 3.82. The van der Waals surface area contributed by atoms with Crippen molar-refractivity contribution in [3.8, 4) is 0 Å². The summed E-state index contributed by atoms with van der Waals surface area (Å²) in [5.74, 6) is 0.914. The summed E-state index contributed by atoms with van der Waals surface area (Å²) in [6.45, 7) is 2.14. The molecule has 0 fully saturated rings. The van der Waals surface area contributed by atoms with E-state index in [9.17, 15) is 4.79 Å². The first-order chi connectivity index (χ1) is 10.1. The first-order valence-electron chi connectivity index (χ1n) is 7.12. The average Bonchev–Trinajstić information content (AvgIpc) is 2.78. The van der Waals surface area contributed by atoms with Crippen molar-refractivity contribution in [2.75, 3.05) is 0 Å². The van der Waals surface area contributed by atoms with E-state index in [2.05, 4.69) is 11.9 Å². The molecular formula is C17H19ClN2O. The predicted octanol–water partition coefficient (Wildman–Crippen LogP) is 4.31. The van der Waals surface area contributed by atoms with Gasteiger partial charge in [-0.3, -0.25) is 4.79 Å². The van der Waals surface area contributed by atoms with Crippen molar-refractivity contribution in [2.24, 2.45) is 7.05 Å². The van der Waals surface area contributed by atoms with Gasteiger partial charge in [0.15, 0.2) is 10.9 Å². The highest BCUT2D eigenvalue weighted by Gasteiger charge is 2.10. The van der Waals surface area contributed by atoms with E-state index in [-0.39, 0.29) is 5.78 Å². The van der Waals surface area contributed by atoms with E-state index in [0.29, 0.717) is 10.7 Å². The molecule has 110 valence electrons. The number of aryl methyl sites for hydroxylation is 1. The SMILES string of the molecule is CCCCc1nc(Cl)c(/C=C/C(=O)c2ccccc2)n1C. The highest BCUT2D eigenvalue weighted by atomic mass is 35.5. The van der Waals surface area contributed by atoms with Crippen LogP contribution in [-0.2, 0) is 13.5 Å². The molecule has 0 aliphatic heterocycles. The van der Waals surface area contributed by atoms with Gasteiger partial charge in [0.25, 0.3) is 0 Å². The van der Waals surface area contributed by atoms with Crippen LogP contribution in [0.2, 0.25) is 5.15 Å². The smallest absolute Gasteiger partial charge is 0.185 e. The zero-order valence-corrected chi connectivity index (χ0v) is 13.1. The summed E-state index contributed by atoms with van der Waals surface area (Å²) in [5.41, 5.74) is 1.44. The van der Waals surface area contributed by atoms with Crippen LogP contribution in [0.1, 0.15) is 41.6 Å². The van der Waals surface area contributed by atoms with E-state index in [1.165, 1.54) is 0 Å². The number of unbranched alkanes of at least 4 members (excludes halogenated alkanes) is 1. The van der Waals surface area contributed by atoms with E-state index >= 15 is 0 Å². The second-order valence-electron chi connectivity index (χ2n) is 4.93. The van der Waals surface area contributed by atoms with Gasteiger partial charge in [-0.1, -0.05) is 55.3 Å².